The Hall–Kier alpha value is -2.59. The van der Waals surface area contributed by atoms with Crippen LogP contribution in [0, 0.1) is 0 Å². The first-order valence-corrected chi connectivity index (χ1v) is 9.01. The molecule has 0 radical (unpaired) electrons. The van der Waals surface area contributed by atoms with E-state index in [-0.39, 0.29) is 5.97 Å². The lowest BCUT2D eigenvalue weighted by molar-refractivity contribution is -0.138. The molecule has 0 amide bonds. The molecule has 0 aromatic heterocycles. The van der Waals surface area contributed by atoms with Crippen molar-refractivity contribution in [3.63, 3.8) is 0 Å². The minimum atomic E-state index is -0.219. The van der Waals surface area contributed by atoms with Crippen LogP contribution in [-0.2, 0) is 16.1 Å². The Balaban J connectivity index is 1.88. The summed E-state index contributed by atoms with van der Waals surface area (Å²) in [5.74, 6) is 0.577. The van der Waals surface area contributed by atoms with E-state index in [4.69, 9.17) is 9.47 Å². The van der Waals surface area contributed by atoms with E-state index in [1.807, 2.05) is 49.4 Å². The standard InChI is InChI=1S/C22H25NO3/c1-3-26-22(24)21-16-23(15-17-8-5-4-6-9-17)13-12-20(21)18-10-7-11-19(14-18)25-2/h4-11,14H,3,12-13,15-16H2,1-2H3. The number of hydrogen-bond acceptors (Lipinski definition) is 4. The van der Waals surface area contributed by atoms with Crippen molar-refractivity contribution in [3.8, 4) is 5.75 Å². The monoisotopic (exact) mass is 351 g/mol. The number of carbonyl (C=O) groups is 1. The van der Waals surface area contributed by atoms with Gasteiger partial charge in [-0.05, 0) is 42.2 Å². The molecule has 0 spiro atoms. The molecule has 0 fully saturated rings. The van der Waals surface area contributed by atoms with Gasteiger partial charge in [-0.3, -0.25) is 4.90 Å². The smallest absolute Gasteiger partial charge is 0.335 e. The van der Waals surface area contributed by atoms with Crippen LogP contribution in [0.15, 0.2) is 60.2 Å². The number of benzene rings is 2. The molecule has 0 atom stereocenters. The molecular formula is C22H25NO3. The maximum atomic E-state index is 12.6. The second-order valence-corrected chi connectivity index (χ2v) is 6.36. The summed E-state index contributed by atoms with van der Waals surface area (Å²) in [6.07, 6.45) is 0.814. The van der Waals surface area contributed by atoms with Crippen LogP contribution in [0.2, 0.25) is 0 Å². The highest BCUT2D eigenvalue weighted by molar-refractivity contribution is 5.98. The lowest BCUT2D eigenvalue weighted by Gasteiger charge is -2.30. The predicted octanol–water partition coefficient (Wildman–Crippen LogP) is 3.92. The van der Waals surface area contributed by atoms with Crippen LogP contribution in [0.3, 0.4) is 0 Å². The van der Waals surface area contributed by atoms with E-state index >= 15 is 0 Å². The third-order valence-electron chi connectivity index (χ3n) is 4.61. The number of ether oxygens (including phenoxy) is 2. The first-order valence-electron chi connectivity index (χ1n) is 9.01. The van der Waals surface area contributed by atoms with Gasteiger partial charge in [0.05, 0.1) is 19.3 Å². The third-order valence-corrected chi connectivity index (χ3v) is 4.61. The molecule has 3 rings (SSSR count). The van der Waals surface area contributed by atoms with E-state index in [2.05, 4.69) is 17.0 Å². The van der Waals surface area contributed by atoms with Crippen LogP contribution in [0.5, 0.6) is 5.75 Å². The number of hydrogen-bond donors (Lipinski definition) is 0. The van der Waals surface area contributed by atoms with Gasteiger partial charge < -0.3 is 9.47 Å². The van der Waals surface area contributed by atoms with Crippen LogP contribution in [0.4, 0.5) is 0 Å². The van der Waals surface area contributed by atoms with E-state index < -0.39 is 0 Å². The van der Waals surface area contributed by atoms with E-state index in [0.717, 1.165) is 42.0 Å². The molecule has 0 saturated heterocycles. The van der Waals surface area contributed by atoms with Gasteiger partial charge in [-0.25, -0.2) is 4.79 Å². The zero-order chi connectivity index (χ0) is 18.4. The molecule has 0 N–H and O–H groups in total. The van der Waals surface area contributed by atoms with Crippen LogP contribution < -0.4 is 4.74 Å². The molecule has 26 heavy (non-hydrogen) atoms. The molecule has 2 aromatic rings. The van der Waals surface area contributed by atoms with Gasteiger partial charge in [0.15, 0.2) is 0 Å². The van der Waals surface area contributed by atoms with Crippen LogP contribution in [0.1, 0.15) is 24.5 Å². The molecule has 2 aromatic carbocycles. The van der Waals surface area contributed by atoms with Crippen LogP contribution >= 0.6 is 0 Å². The highest BCUT2D eigenvalue weighted by atomic mass is 16.5. The van der Waals surface area contributed by atoms with Crippen molar-refractivity contribution in [2.24, 2.45) is 0 Å². The minimum Gasteiger partial charge on any atom is -0.497 e. The van der Waals surface area contributed by atoms with Gasteiger partial charge in [-0.1, -0.05) is 42.5 Å². The molecule has 0 unspecified atom stereocenters. The maximum Gasteiger partial charge on any atom is 0.335 e. The summed E-state index contributed by atoms with van der Waals surface area (Å²) in [5.41, 5.74) is 4.10. The fourth-order valence-corrected chi connectivity index (χ4v) is 3.33. The number of methoxy groups -OCH3 is 1. The molecular weight excluding hydrogens is 326 g/mol. The summed E-state index contributed by atoms with van der Waals surface area (Å²) in [6, 6.07) is 18.2. The molecule has 1 heterocycles. The summed E-state index contributed by atoms with van der Waals surface area (Å²) >= 11 is 0. The van der Waals surface area contributed by atoms with Gasteiger partial charge in [0.25, 0.3) is 0 Å². The third kappa shape index (κ3) is 4.33. The fraction of sp³-hybridized carbons (Fsp3) is 0.318. The summed E-state index contributed by atoms with van der Waals surface area (Å²) < 4.78 is 10.7. The first kappa shape index (κ1) is 18.2. The topological polar surface area (TPSA) is 38.8 Å². The molecule has 0 bridgehead atoms. The van der Waals surface area contributed by atoms with Crippen molar-refractivity contribution in [1.29, 1.82) is 0 Å². The Morgan fingerprint density at radius 3 is 2.65 bits per heavy atom. The Morgan fingerprint density at radius 2 is 1.92 bits per heavy atom. The highest BCUT2D eigenvalue weighted by Crippen LogP contribution is 2.30. The molecule has 0 aliphatic carbocycles. The molecule has 0 saturated carbocycles. The predicted molar refractivity (Wildman–Crippen MR) is 103 cm³/mol. The average Bonchev–Trinajstić information content (AvgIpc) is 2.69. The van der Waals surface area contributed by atoms with Crippen LogP contribution in [-0.4, -0.2) is 37.7 Å². The maximum absolute atomic E-state index is 12.6. The summed E-state index contributed by atoms with van der Waals surface area (Å²) in [4.78, 5) is 14.9. The number of carbonyl (C=O) groups excluding carboxylic acids is 1. The Labute approximate surface area is 155 Å². The number of rotatable bonds is 6. The van der Waals surface area contributed by atoms with Crippen LogP contribution in [0.25, 0.3) is 5.57 Å². The lowest BCUT2D eigenvalue weighted by atomic mass is 9.93. The van der Waals surface area contributed by atoms with Crippen molar-refractivity contribution in [2.45, 2.75) is 19.9 Å². The Bertz CT molecular complexity index is 783. The van der Waals surface area contributed by atoms with Crippen molar-refractivity contribution >= 4 is 11.5 Å². The van der Waals surface area contributed by atoms with E-state index in [1.165, 1.54) is 5.56 Å². The molecule has 1 aliphatic heterocycles. The lowest BCUT2D eigenvalue weighted by Crippen LogP contribution is -2.34. The molecule has 1 aliphatic rings. The normalized spacial score (nSPS) is 15.0. The molecule has 4 nitrogen and oxygen atoms in total. The summed E-state index contributed by atoms with van der Waals surface area (Å²) in [5, 5.41) is 0. The van der Waals surface area contributed by atoms with Crippen molar-refractivity contribution < 1.29 is 14.3 Å². The SMILES string of the molecule is CCOC(=O)C1=C(c2cccc(OC)c2)CCN(Cc2ccccc2)C1. The van der Waals surface area contributed by atoms with Crippen molar-refractivity contribution in [1.82, 2.24) is 4.90 Å². The molecule has 4 heteroatoms. The number of nitrogens with zero attached hydrogens (tertiary/aromatic N) is 1. The van der Waals surface area contributed by atoms with E-state index in [9.17, 15) is 4.79 Å². The van der Waals surface area contributed by atoms with E-state index in [0.29, 0.717) is 13.2 Å². The average molecular weight is 351 g/mol. The highest BCUT2D eigenvalue weighted by Gasteiger charge is 2.26. The van der Waals surface area contributed by atoms with Gasteiger partial charge in [0, 0.05) is 19.6 Å². The zero-order valence-electron chi connectivity index (χ0n) is 15.4. The number of esters is 1. The first-order chi connectivity index (χ1) is 12.7. The summed E-state index contributed by atoms with van der Waals surface area (Å²) in [6.45, 7) is 4.56. The van der Waals surface area contributed by atoms with Gasteiger partial charge in [-0.15, -0.1) is 0 Å². The minimum absolute atomic E-state index is 0.219. The Kier molecular flexibility index (Phi) is 6.08. The Morgan fingerprint density at radius 1 is 1.12 bits per heavy atom. The van der Waals surface area contributed by atoms with Crippen molar-refractivity contribution in [2.75, 3.05) is 26.8 Å². The molecule has 136 valence electrons. The fourth-order valence-electron chi connectivity index (χ4n) is 3.33. The van der Waals surface area contributed by atoms with Gasteiger partial charge in [-0.2, -0.15) is 0 Å². The second-order valence-electron chi connectivity index (χ2n) is 6.36. The quantitative estimate of drug-likeness (QED) is 0.740. The van der Waals surface area contributed by atoms with E-state index in [1.54, 1.807) is 7.11 Å². The zero-order valence-corrected chi connectivity index (χ0v) is 15.4. The van der Waals surface area contributed by atoms with Gasteiger partial charge in [0.2, 0.25) is 0 Å². The van der Waals surface area contributed by atoms with Gasteiger partial charge >= 0.3 is 5.97 Å². The second kappa shape index (κ2) is 8.68. The summed E-state index contributed by atoms with van der Waals surface area (Å²) in [7, 11) is 1.65. The van der Waals surface area contributed by atoms with Gasteiger partial charge in [0.1, 0.15) is 5.75 Å². The van der Waals surface area contributed by atoms with Crippen molar-refractivity contribution in [3.05, 3.63) is 71.3 Å². The largest absolute Gasteiger partial charge is 0.497 e.